The quantitative estimate of drug-likeness (QED) is 0.0332. The molecule has 36 heavy (non-hydrogen) atoms. The highest BCUT2D eigenvalue weighted by molar-refractivity contribution is 5.75. The van der Waals surface area contributed by atoms with Crippen molar-refractivity contribution in [2.45, 2.75) is 69.5 Å². The van der Waals surface area contributed by atoms with Crippen molar-refractivity contribution in [2.75, 3.05) is 39.5 Å². The Hall–Kier alpha value is -3.04. The molecule has 13 N–H and O–H groups in total. The SMILES string of the molecule is NCCCC[C@H](COC(=O)O)NC(=O)OC[C@@H](CCCCN)NC(=O)OC[C@@H](N)CCCN=C(N)N. The van der Waals surface area contributed by atoms with Crippen LogP contribution in [0.3, 0.4) is 0 Å². The molecule has 0 unspecified atom stereocenters. The Balaban J connectivity index is 4.62. The number of carbonyl (C=O) groups excluding carboxylic acids is 2. The highest BCUT2D eigenvalue weighted by Gasteiger charge is 2.19. The van der Waals surface area contributed by atoms with Crippen molar-refractivity contribution in [1.29, 1.82) is 0 Å². The number of hydrogen-bond donors (Lipinski definition) is 8. The van der Waals surface area contributed by atoms with Gasteiger partial charge in [0, 0.05) is 12.6 Å². The molecule has 0 bridgehead atoms. The topological polar surface area (TPSA) is 266 Å². The first-order chi connectivity index (χ1) is 17.2. The zero-order chi connectivity index (χ0) is 27.2. The van der Waals surface area contributed by atoms with Crippen molar-refractivity contribution < 1.29 is 33.7 Å². The summed E-state index contributed by atoms with van der Waals surface area (Å²) >= 11 is 0. The second kappa shape index (κ2) is 21.3. The number of hydrogen-bond acceptors (Lipinski definition) is 10. The van der Waals surface area contributed by atoms with Gasteiger partial charge < -0.3 is 58.6 Å². The van der Waals surface area contributed by atoms with Crippen LogP contribution >= 0.6 is 0 Å². The fourth-order valence-corrected chi connectivity index (χ4v) is 3.06. The smallest absolute Gasteiger partial charge is 0.450 e. The van der Waals surface area contributed by atoms with Gasteiger partial charge >= 0.3 is 18.3 Å². The third-order valence-electron chi connectivity index (χ3n) is 4.94. The molecule has 15 heteroatoms. The van der Waals surface area contributed by atoms with Gasteiger partial charge in [0.2, 0.25) is 0 Å². The first kappa shape index (κ1) is 33.0. The normalized spacial score (nSPS) is 13.1. The molecule has 3 atom stereocenters. The van der Waals surface area contributed by atoms with E-state index in [1.165, 1.54) is 0 Å². The number of unbranched alkanes of at least 4 members (excludes halogenated alkanes) is 2. The van der Waals surface area contributed by atoms with Crippen LogP contribution in [0.15, 0.2) is 4.99 Å². The Labute approximate surface area is 211 Å². The molecule has 0 aliphatic rings. The third-order valence-corrected chi connectivity index (χ3v) is 4.94. The summed E-state index contributed by atoms with van der Waals surface area (Å²) in [5, 5.41) is 14.0. The summed E-state index contributed by atoms with van der Waals surface area (Å²) in [4.78, 5) is 39.0. The minimum absolute atomic E-state index is 0.00141. The van der Waals surface area contributed by atoms with Gasteiger partial charge in [-0.1, -0.05) is 12.8 Å². The minimum Gasteiger partial charge on any atom is -0.450 e. The monoisotopic (exact) mass is 520 g/mol. The van der Waals surface area contributed by atoms with Crippen molar-refractivity contribution >= 4 is 24.3 Å². The van der Waals surface area contributed by atoms with Crippen LogP contribution in [0.25, 0.3) is 0 Å². The van der Waals surface area contributed by atoms with E-state index in [1.54, 1.807) is 0 Å². The maximum atomic E-state index is 12.3. The summed E-state index contributed by atoms with van der Waals surface area (Å²) in [7, 11) is 0. The third kappa shape index (κ3) is 20.3. The first-order valence-electron chi connectivity index (χ1n) is 12.1. The summed E-state index contributed by atoms with van der Waals surface area (Å²) in [6.45, 7) is 1.06. The largest absolute Gasteiger partial charge is 0.505 e. The Morgan fingerprint density at radius 2 is 1.25 bits per heavy atom. The number of alkyl carbamates (subject to hydrolysis) is 2. The van der Waals surface area contributed by atoms with Crippen LogP contribution in [0.1, 0.15) is 51.4 Å². The summed E-state index contributed by atoms with van der Waals surface area (Å²) in [5.74, 6) is 0.00601. The molecule has 0 aliphatic carbocycles. The van der Waals surface area contributed by atoms with E-state index in [0.29, 0.717) is 58.2 Å². The minimum atomic E-state index is -1.44. The van der Waals surface area contributed by atoms with E-state index in [4.69, 9.17) is 43.2 Å². The van der Waals surface area contributed by atoms with Crippen LogP contribution in [0.2, 0.25) is 0 Å². The van der Waals surface area contributed by atoms with Gasteiger partial charge in [0.1, 0.15) is 19.8 Å². The van der Waals surface area contributed by atoms with Gasteiger partial charge in [0.05, 0.1) is 12.1 Å². The number of carbonyl (C=O) groups is 3. The molecule has 0 rings (SSSR count). The lowest BCUT2D eigenvalue weighted by Gasteiger charge is -2.21. The Morgan fingerprint density at radius 1 is 0.750 bits per heavy atom. The van der Waals surface area contributed by atoms with Crippen molar-refractivity contribution in [1.82, 2.24) is 10.6 Å². The Kier molecular flexibility index (Phi) is 19.5. The standard InChI is InChI=1S/C21H44N8O7/c22-9-3-1-7-16(28-19(30)34-12-15(24)6-5-11-27-18(25)26)13-35-20(31)29-17(8-2-4-10-23)14-36-21(32)33/h15-17H,1-14,22-24H2,(H,28,30)(H,29,31)(H,32,33)(H4,25,26,27)/t15-,16+,17+/m0/s1. The first-order valence-corrected chi connectivity index (χ1v) is 12.1. The van der Waals surface area contributed by atoms with E-state index in [1.807, 2.05) is 0 Å². The lowest BCUT2D eigenvalue weighted by Crippen LogP contribution is -2.43. The maximum absolute atomic E-state index is 12.3. The summed E-state index contributed by atoms with van der Waals surface area (Å²) < 4.78 is 15.0. The molecule has 0 radical (unpaired) electrons. The molecule has 0 saturated heterocycles. The van der Waals surface area contributed by atoms with E-state index in [0.717, 1.165) is 12.8 Å². The summed E-state index contributed by atoms with van der Waals surface area (Å²) in [6, 6.07) is -1.46. The van der Waals surface area contributed by atoms with Crippen LogP contribution in [0.4, 0.5) is 14.4 Å². The summed E-state index contributed by atoms with van der Waals surface area (Å²) in [5.41, 5.74) is 27.5. The Morgan fingerprint density at radius 3 is 1.72 bits per heavy atom. The number of aliphatic imine (C=N–C) groups is 1. The fraction of sp³-hybridized carbons (Fsp3) is 0.810. The van der Waals surface area contributed by atoms with E-state index in [-0.39, 0.29) is 31.8 Å². The molecule has 0 heterocycles. The molecule has 15 nitrogen and oxygen atoms in total. The average molecular weight is 521 g/mol. The molecule has 0 aromatic carbocycles. The lowest BCUT2D eigenvalue weighted by atomic mass is 10.1. The van der Waals surface area contributed by atoms with Gasteiger partial charge in [-0.3, -0.25) is 4.99 Å². The molecule has 0 fully saturated rings. The van der Waals surface area contributed by atoms with Crippen molar-refractivity contribution in [2.24, 2.45) is 33.7 Å². The number of rotatable bonds is 20. The van der Waals surface area contributed by atoms with Crippen LogP contribution in [0, 0.1) is 0 Å². The van der Waals surface area contributed by atoms with Gasteiger partial charge in [0.15, 0.2) is 5.96 Å². The molecule has 0 spiro atoms. The molecule has 0 aromatic heterocycles. The van der Waals surface area contributed by atoms with Gasteiger partial charge in [-0.2, -0.15) is 0 Å². The van der Waals surface area contributed by atoms with E-state index < -0.39 is 30.4 Å². The number of amides is 2. The van der Waals surface area contributed by atoms with Crippen LogP contribution in [0.5, 0.6) is 0 Å². The number of nitrogens with zero attached hydrogens (tertiary/aromatic N) is 1. The van der Waals surface area contributed by atoms with E-state index in [2.05, 4.69) is 20.4 Å². The lowest BCUT2D eigenvalue weighted by molar-refractivity contribution is 0.0762. The zero-order valence-electron chi connectivity index (χ0n) is 20.9. The molecule has 210 valence electrons. The molecule has 0 aliphatic heterocycles. The fourth-order valence-electron chi connectivity index (χ4n) is 3.06. The Bertz CT molecular complexity index is 650. The van der Waals surface area contributed by atoms with Crippen LogP contribution < -0.4 is 39.3 Å². The maximum Gasteiger partial charge on any atom is 0.505 e. The highest BCUT2D eigenvalue weighted by Crippen LogP contribution is 2.05. The number of ether oxygens (including phenoxy) is 3. The van der Waals surface area contributed by atoms with Crippen molar-refractivity contribution in [3.8, 4) is 0 Å². The molecule has 0 aromatic rings. The van der Waals surface area contributed by atoms with Gasteiger partial charge in [0.25, 0.3) is 0 Å². The summed E-state index contributed by atoms with van der Waals surface area (Å²) in [6.07, 6.45) is 2.11. The second-order valence-corrected chi connectivity index (χ2v) is 8.23. The van der Waals surface area contributed by atoms with Gasteiger partial charge in [-0.25, -0.2) is 14.4 Å². The number of carboxylic acid groups (broad SMARTS) is 1. The van der Waals surface area contributed by atoms with Crippen LogP contribution in [-0.4, -0.2) is 87.0 Å². The predicted molar refractivity (Wildman–Crippen MR) is 134 cm³/mol. The molecule has 0 saturated carbocycles. The number of nitrogens with one attached hydrogen (secondary N) is 2. The molecular weight excluding hydrogens is 476 g/mol. The molecule has 2 amide bonds. The zero-order valence-corrected chi connectivity index (χ0v) is 20.9. The predicted octanol–water partition coefficient (Wildman–Crippen LogP) is -0.490. The average Bonchev–Trinajstić information content (AvgIpc) is 2.82. The van der Waals surface area contributed by atoms with Gasteiger partial charge in [-0.05, 0) is 51.6 Å². The van der Waals surface area contributed by atoms with E-state index >= 15 is 0 Å². The van der Waals surface area contributed by atoms with Crippen LogP contribution in [-0.2, 0) is 14.2 Å². The second-order valence-electron chi connectivity index (χ2n) is 8.23. The molecular formula is C21H44N8O7. The van der Waals surface area contributed by atoms with Crippen molar-refractivity contribution in [3.63, 3.8) is 0 Å². The number of nitrogens with two attached hydrogens (primary N) is 5. The van der Waals surface area contributed by atoms with Gasteiger partial charge in [-0.15, -0.1) is 0 Å². The highest BCUT2D eigenvalue weighted by atomic mass is 16.7. The van der Waals surface area contributed by atoms with E-state index in [9.17, 15) is 14.4 Å². The van der Waals surface area contributed by atoms with Crippen molar-refractivity contribution in [3.05, 3.63) is 0 Å². The number of guanidine groups is 1.